The Morgan fingerprint density at radius 1 is 1.50 bits per heavy atom. The molecule has 3 heterocycles. The molecule has 0 saturated carbocycles. The third kappa shape index (κ3) is 3.02. The molecule has 0 bridgehead atoms. The van der Waals surface area contributed by atoms with Gasteiger partial charge in [0.15, 0.2) is 0 Å². The Labute approximate surface area is 130 Å². The summed E-state index contributed by atoms with van der Waals surface area (Å²) in [6.45, 7) is 6.09. The van der Waals surface area contributed by atoms with E-state index in [1.54, 1.807) is 0 Å². The van der Waals surface area contributed by atoms with Gasteiger partial charge in [-0.2, -0.15) is 5.10 Å². The molecule has 2 aliphatic rings. The number of rotatable bonds is 4. The smallest absolute Gasteiger partial charge is 0.250 e. The number of aryl methyl sites for hydroxylation is 1. The van der Waals surface area contributed by atoms with Gasteiger partial charge in [0.25, 0.3) is 5.91 Å². The number of hydrogen-bond donors (Lipinski definition) is 1. The highest BCUT2D eigenvalue weighted by Gasteiger charge is 2.33. The average molecular weight is 305 g/mol. The maximum Gasteiger partial charge on any atom is 0.250 e. The molecule has 0 aliphatic carbocycles. The summed E-state index contributed by atoms with van der Waals surface area (Å²) in [6, 6.07) is -0.00997. The Bertz CT molecular complexity index is 579. The van der Waals surface area contributed by atoms with Crippen LogP contribution in [0.2, 0.25) is 0 Å². The molecule has 1 N–H and O–H groups in total. The molecule has 120 valence electrons. The van der Waals surface area contributed by atoms with Gasteiger partial charge in [-0.25, -0.2) is 0 Å². The predicted octanol–water partition coefficient (Wildman–Crippen LogP) is 1.93. The van der Waals surface area contributed by atoms with E-state index >= 15 is 0 Å². The van der Waals surface area contributed by atoms with Crippen LogP contribution < -0.4 is 5.32 Å². The van der Waals surface area contributed by atoms with Crippen molar-refractivity contribution in [1.82, 2.24) is 15.1 Å². The fourth-order valence-electron chi connectivity index (χ4n) is 3.03. The summed E-state index contributed by atoms with van der Waals surface area (Å²) in [5.74, 6) is 0.721. The number of allylic oxidation sites excluding steroid dienone is 1. The number of aromatic nitrogens is 2. The van der Waals surface area contributed by atoms with Crippen molar-refractivity contribution in [2.75, 3.05) is 13.2 Å². The van der Waals surface area contributed by atoms with Crippen molar-refractivity contribution < 1.29 is 14.3 Å². The molecule has 6 heteroatoms. The Morgan fingerprint density at radius 3 is 3.09 bits per heavy atom. The first-order chi connectivity index (χ1) is 10.7. The quantitative estimate of drug-likeness (QED) is 0.923. The zero-order chi connectivity index (χ0) is 15.5. The molecular formula is C16H23N3O3. The topological polar surface area (TPSA) is 65.4 Å². The standard InChI is InChI=1S/C16H23N3O3/c1-3-19-10-12(9-17-19)15-14(6-8-22-15)18-16(20)13-5-4-7-21-11(13)2/h9-10,14-15H,3-8H2,1-2H3,(H,18,20)/t14-,15+/m0/s1. The molecule has 2 atom stereocenters. The number of ether oxygens (including phenoxy) is 2. The van der Waals surface area contributed by atoms with E-state index in [1.807, 2.05) is 30.9 Å². The summed E-state index contributed by atoms with van der Waals surface area (Å²) >= 11 is 0. The van der Waals surface area contributed by atoms with Gasteiger partial charge in [0, 0.05) is 24.9 Å². The number of amides is 1. The lowest BCUT2D eigenvalue weighted by atomic mass is 10.0. The molecule has 1 aromatic rings. The molecule has 0 spiro atoms. The summed E-state index contributed by atoms with van der Waals surface area (Å²) in [7, 11) is 0. The molecule has 3 rings (SSSR count). The zero-order valence-electron chi connectivity index (χ0n) is 13.2. The number of nitrogens with zero attached hydrogens (tertiary/aromatic N) is 2. The maximum atomic E-state index is 12.5. The first kappa shape index (κ1) is 15.1. The molecule has 2 aliphatic heterocycles. The zero-order valence-corrected chi connectivity index (χ0v) is 13.2. The monoisotopic (exact) mass is 305 g/mol. The van der Waals surface area contributed by atoms with Crippen LogP contribution in [0.1, 0.15) is 44.8 Å². The SMILES string of the molecule is CCn1cc([C@H]2OCC[C@@H]2NC(=O)C2=C(C)OCCC2)cn1. The van der Waals surface area contributed by atoms with Gasteiger partial charge in [0.05, 0.1) is 24.4 Å². The Kier molecular flexibility index (Phi) is 4.47. The number of hydrogen-bond acceptors (Lipinski definition) is 4. The summed E-state index contributed by atoms with van der Waals surface area (Å²) < 4.78 is 13.2. The van der Waals surface area contributed by atoms with Crippen molar-refractivity contribution in [2.24, 2.45) is 0 Å². The second-order valence-corrected chi connectivity index (χ2v) is 5.78. The third-order valence-electron chi connectivity index (χ3n) is 4.30. The molecular weight excluding hydrogens is 282 g/mol. The Balaban J connectivity index is 1.69. The highest BCUT2D eigenvalue weighted by Crippen LogP contribution is 2.29. The van der Waals surface area contributed by atoms with Gasteiger partial charge >= 0.3 is 0 Å². The van der Waals surface area contributed by atoms with Crippen molar-refractivity contribution in [3.63, 3.8) is 0 Å². The van der Waals surface area contributed by atoms with E-state index in [0.717, 1.165) is 42.7 Å². The molecule has 0 radical (unpaired) electrons. The van der Waals surface area contributed by atoms with Crippen LogP contribution in [-0.2, 0) is 20.8 Å². The summed E-state index contributed by atoms with van der Waals surface area (Å²) in [6.07, 6.45) is 6.20. The molecule has 1 aromatic heterocycles. The van der Waals surface area contributed by atoms with E-state index in [4.69, 9.17) is 9.47 Å². The molecule has 0 aromatic carbocycles. The average Bonchev–Trinajstić information content (AvgIpc) is 3.15. The van der Waals surface area contributed by atoms with E-state index in [-0.39, 0.29) is 18.1 Å². The molecule has 6 nitrogen and oxygen atoms in total. The minimum absolute atomic E-state index is 0.00997. The molecule has 1 fully saturated rings. The largest absolute Gasteiger partial charge is 0.498 e. The summed E-state index contributed by atoms with van der Waals surface area (Å²) in [5, 5.41) is 7.41. The van der Waals surface area contributed by atoms with Crippen molar-refractivity contribution in [3.05, 3.63) is 29.3 Å². The molecule has 22 heavy (non-hydrogen) atoms. The van der Waals surface area contributed by atoms with Crippen molar-refractivity contribution in [2.45, 2.75) is 51.8 Å². The lowest BCUT2D eigenvalue weighted by Crippen LogP contribution is -2.38. The summed E-state index contributed by atoms with van der Waals surface area (Å²) in [5.41, 5.74) is 1.79. The van der Waals surface area contributed by atoms with Crippen LogP contribution in [0.4, 0.5) is 0 Å². The second kappa shape index (κ2) is 6.52. The van der Waals surface area contributed by atoms with Crippen LogP contribution >= 0.6 is 0 Å². The van der Waals surface area contributed by atoms with Gasteiger partial charge in [0.1, 0.15) is 11.9 Å². The van der Waals surface area contributed by atoms with Crippen molar-refractivity contribution in [3.8, 4) is 0 Å². The molecule has 1 saturated heterocycles. The lowest BCUT2D eigenvalue weighted by Gasteiger charge is -2.22. The van der Waals surface area contributed by atoms with Gasteiger partial charge in [-0.3, -0.25) is 9.48 Å². The highest BCUT2D eigenvalue weighted by atomic mass is 16.5. The first-order valence-electron chi connectivity index (χ1n) is 7.96. The van der Waals surface area contributed by atoms with Crippen LogP contribution in [0, 0.1) is 0 Å². The second-order valence-electron chi connectivity index (χ2n) is 5.78. The Morgan fingerprint density at radius 2 is 2.36 bits per heavy atom. The fourth-order valence-corrected chi connectivity index (χ4v) is 3.03. The fraction of sp³-hybridized carbons (Fsp3) is 0.625. The maximum absolute atomic E-state index is 12.5. The molecule has 0 unspecified atom stereocenters. The number of carbonyl (C=O) groups excluding carboxylic acids is 1. The van der Waals surface area contributed by atoms with Gasteiger partial charge in [-0.05, 0) is 33.1 Å². The third-order valence-corrected chi connectivity index (χ3v) is 4.30. The number of nitrogens with one attached hydrogen (secondary N) is 1. The minimum atomic E-state index is -0.116. The van der Waals surface area contributed by atoms with Gasteiger partial charge in [-0.15, -0.1) is 0 Å². The van der Waals surface area contributed by atoms with E-state index in [0.29, 0.717) is 13.2 Å². The lowest BCUT2D eigenvalue weighted by molar-refractivity contribution is -0.119. The van der Waals surface area contributed by atoms with Crippen molar-refractivity contribution in [1.29, 1.82) is 0 Å². The van der Waals surface area contributed by atoms with E-state index in [9.17, 15) is 4.79 Å². The van der Waals surface area contributed by atoms with Gasteiger partial charge in [-0.1, -0.05) is 0 Å². The van der Waals surface area contributed by atoms with E-state index in [1.165, 1.54) is 0 Å². The van der Waals surface area contributed by atoms with Gasteiger partial charge < -0.3 is 14.8 Å². The van der Waals surface area contributed by atoms with E-state index < -0.39 is 0 Å². The normalized spacial score (nSPS) is 25.2. The number of carbonyl (C=O) groups is 1. The Hall–Kier alpha value is -1.82. The van der Waals surface area contributed by atoms with Gasteiger partial charge in [0.2, 0.25) is 0 Å². The first-order valence-corrected chi connectivity index (χ1v) is 7.96. The van der Waals surface area contributed by atoms with Crippen LogP contribution in [0.5, 0.6) is 0 Å². The van der Waals surface area contributed by atoms with E-state index in [2.05, 4.69) is 10.4 Å². The van der Waals surface area contributed by atoms with Crippen molar-refractivity contribution >= 4 is 5.91 Å². The highest BCUT2D eigenvalue weighted by molar-refractivity contribution is 5.94. The summed E-state index contributed by atoms with van der Waals surface area (Å²) in [4.78, 5) is 12.5. The molecule has 1 amide bonds. The van der Waals surface area contributed by atoms with Crippen LogP contribution in [0.25, 0.3) is 0 Å². The minimum Gasteiger partial charge on any atom is -0.498 e. The van der Waals surface area contributed by atoms with Crippen LogP contribution in [-0.4, -0.2) is 34.9 Å². The van der Waals surface area contributed by atoms with Crippen LogP contribution in [0.15, 0.2) is 23.7 Å². The van der Waals surface area contributed by atoms with Crippen LogP contribution in [0.3, 0.4) is 0 Å². The predicted molar refractivity (Wildman–Crippen MR) is 81.0 cm³/mol.